The van der Waals surface area contributed by atoms with Crippen molar-refractivity contribution in [2.24, 2.45) is 0 Å². The molecule has 1 aromatic carbocycles. The summed E-state index contributed by atoms with van der Waals surface area (Å²) in [4.78, 5) is 104. The van der Waals surface area contributed by atoms with Gasteiger partial charge in [-0.1, -0.05) is 12.2 Å². The van der Waals surface area contributed by atoms with Crippen molar-refractivity contribution in [2.75, 3.05) is 37.1 Å². The second kappa shape index (κ2) is 18.9. The second-order valence-corrected chi connectivity index (χ2v) is 12.7. The maximum absolute atomic E-state index is 14.1. The molecule has 2 fully saturated rings. The molecular formula is C36H44N2O18. The van der Waals surface area contributed by atoms with Crippen molar-refractivity contribution in [1.29, 1.82) is 0 Å². The SMILES string of the molecule is CC(=O)O[C@@H]1[C@@H](OC(C)=O)[C@H]2OC/C=C\CO[C@H]3O[C@H](C(=O)N(C)c4ccc(cc4)N(C)C(=O)[C@@H](O2)[C@H]1OC(C)=O)[C@@H](OC(C)=O)[C@H](OC(C)=O)[C@H]3OC(C)=O. The molecule has 0 unspecified atom stereocenters. The minimum absolute atomic E-state index is 0.255. The Morgan fingerprint density at radius 3 is 1.04 bits per heavy atom. The minimum atomic E-state index is -1.66. The molecule has 6 bridgehead atoms. The normalized spacial score (nSPS) is 30.3. The smallest absolute Gasteiger partial charge is 0.303 e. The van der Waals surface area contributed by atoms with E-state index in [9.17, 15) is 38.4 Å². The second-order valence-electron chi connectivity index (χ2n) is 12.7. The summed E-state index contributed by atoms with van der Waals surface area (Å²) in [7, 11) is 2.77. The van der Waals surface area contributed by atoms with Crippen LogP contribution in [0.25, 0.3) is 0 Å². The van der Waals surface area contributed by atoms with Gasteiger partial charge in [0.25, 0.3) is 11.8 Å². The molecule has 4 aliphatic heterocycles. The summed E-state index contributed by atoms with van der Waals surface area (Å²) < 4.78 is 56.5. The van der Waals surface area contributed by atoms with Gasteiger partial charge in [0.1, 0.15) is 0 Å². The zero-order valence-corrected chi connectivity index (χ0v) is 31.9. The molecule has 2 saturated heterocycles. The number of ether oxygens (including phenoxy) is 10. The van der Waals surface area contributed by atoms with Crippen LogP contribution in [0, 0.1) is 0 Å². The van der Waals surface area contributed by atoms with Gasteiger partial charge in [-0.3, -0.25) is 38.4 Å². The van der Waals surface area contributed by atoms with Crippen LogP contribution in [0.2, 0.25) is 0 Å². The van der Waals surface area contributed by atoms with Crippen LogP contribution < -0.4 is 9.80 Å². The topological polar surface area (TPSA) is 235 Å². The van der Waals surface area contributed by atoms with Crippen molar-refractivity contribution in [3.63, 3.8) is 0 Å². The number of carbonyl (C=O) groups excluding carboxylic acids is 8. The van der Waals surface area contributed by atoms with Crippen molar-refractivity contribution in [3.05, 3.63) is 36.4 Å². The van der Waals surface area contributed by atoms with Crippen LogP contribution in [0.15, 0.2) is 36.4 Å². The fourth-order valence-corrected chi connectivity index (χ4v) is 6.19. The van der Waals surface area contributed by atoms with Crippen LogP contribution in [0.3, 0.4) is 0 Å². The van der Waals surface area contributed by atoms with Crippen LogP contribution >= 0.6 is 0 Å². The highest BCUT2D eigenvalue weighted by Crippen LogP contribution is 2.34. The number of amides is 2. The van der Waals surface area contributed by atoms with Gasteiger partial charge < -0.3 is 57.2 Å². The molecule has 20 heteroatoms. The van der Waals surface area contributed by atoms with E-state index in [0.717, 1.165) is 51.3 Å². The number of carbonyl (C=O) groups is 8. The molecule has 10 atom stereocenters. The van der Waals surface area contributed by atoms with Crippen molar-refractivity contribution < 1.29 is 85.7 Å². The van der Waals surface area contributed by atoms with E-state index in [1.807, 2.05) is 0 Å². The van der Waals surface area contributed by atoms with E-state index >= 15 is 0 Å². The average Bonchev–Trinajstić information content (AvgIpc) is 3.11. The van der Waals surface area contributed by atoms with Crippen molar-refractivity contribution in [2.45, 2.75) is 103 Å². The van der Waals surface area contributed by atoms with Crippen LogP contribution in [-0.4, -0.2) is 136 Å². The number of esters is 6. The zero-order valence-electron chi connectivity index (χ0n) is 31.9. The van der Waals surface area contributed by atoms with E-state index in [2.05, 4.69) is 0 Å². The van der Waals surface area contributed by atoms with Crippen molar-refractivity contribution in [1.82, 2.24) is 0 Å². The third kappa shape index (κ3) is 10.6. The molecule has 0 N–H and O–H groups in total. The van der Waals surface area contributed by atoms with Gasteiger partial charge in [-0.25, -0.2) is 0 Å². The number of likely N-dealkylation sites (N-methyl/N-ethyl adjacent to an activating group) is 2. The summed E-state index contributed by atoms with van der Waals surface area (Å²) in [5.74, 6) is -6.68. The third-order valence-corrected chi connectivity index (χ3v) is 8.45. The number of anilines is 2. The van der Waals surface area contributed by atoms with Crippen LogP contribution in [0.1, 0.15) is 41.5 Å². The Hall–Kier alpha value is -5.44. The minimum Gasteiger partial charge on any atom is -0.455 e. The van der Waals surface area contributed by atoms with E-state index in [0.29, 0.717) is 0 Å². The highest BCUT2D eigenvalue weighted by atomic mass is 16.7. The molecule has 5 rings (SSSR count). The van der Waals surface area contributed by atoms with Crippen molar-refractivity contribution in [3.8, 4) is 0 Å². The lowest BCUT2D eigenvalue weighted by Gasteiger charge is -2.44. The molecule has 2 amide bonds. The van der Waals surface area contributed by atoms with E-state index in [-0.39, 0.29) is 24.6 Å². The maximum Gasteiger partial charge on any atom is 0.303 e. The number of rotatable bonds is 6. The summed E-state index contributed by atoms with van der Waals surface area (Å²) in [5, 5.41) is 0. The van der Waals surface area contributed by atoms with Crippen LogP contribution in [0.5, 0.6) is 0 Å². The quantitative estimate of drug-likeness (QED) is 0.213. The molecule has 1 aromatic rings. The monoisotopic (exact) mass is 792 g/mol. The standard InChI is InChI=1S/C36H44N2O18/c1-17(39)49-25-27(51-19(3)41)31(53-21(5)43)35-47-15-9-10-16-48-36-32(54-22(6)44)28(52-20(4)42)26(50-18(2)40)30(56-36)34(46)38(8)24-13-11-23(12-14-24)37(7)33(45)29(25)55-35/h9-14,25-32,35-36H,15-16H2,1-8H3/b10-9-/t25-,26-,27-,28-,29-,30-,31+,32+,35-,36-/m0/s1. The Morgan fingerprint density at radius 2 is 0.750 bits per heavy atom. The van der Waals surface area contributed by atoms with E-state index in [1.165, 1.54) is 50.5 Å². The number of hydrogen-bond donors (Lipinski definition) is 0. The first-order valence-corrected chi connectivity index (χ1v) is 17.3. The van der Waals surface area contributed by atoms with Gasteiger partial charge in [-0.05, 0) is 24.3 Å². The molecule has 0 spiro atoms. The molecule has 0 aromatic heterocycles. The lowest BCUT2D eigenvalue weighted by Crippen LogP contribution is -2.65. The molecule has 56 heavy (non-hydrogen) atoms. The summed E-state index contributed by atoms with van der Waals surface area (Å²) in [5.41, 5.74) is 0.509. The first-order valence-electron chi connectivity index (χ1n) is 17.3. The van der Waals surface area contributed by atoms with E-state index in [1.54, 1.807) is 0 Å². The van der Waals surface area contributed by atoms with Crippen LogP contribution in [0.4, 0.5) is 11.4 Å². The van der Waals surface area contributed by atoms with Gasteiger partial charge in [0.05, 0.1) is 13.2 Å². The highest BCUT2D eigenvalue weighted by Gasteiger charge is 2.57. The summed E-state index contributed by atoms with van der Waals surface area (Å²) in [6.45, 7) is 5.83. The molecular weight excluding hydrogens is 748 g/mol. The van der Waals surface area contributed by atoms with Gasteiger partial charge in [0.15, 0.2) is 61.4 Å². The maximum atomic E-state index is 14.1. The Bertz CT molecular complexity index is 1580. The predicted octanol–water partition coefficient (Wildman–Crippen LogP) is 0.255. The molecule has 4 aliphatic rings. The van der Waals surface area contributed by atoms with Gasteiger partial charge in [-0.2, -0.15) is 0 Å². The van der Waals surface area contributed by atoms with Gasteiger partial charge in [0.2, 0.25) is 0 Å². The Kier molecular flexibility index (Phi) is 14.6. The number of fused-ring (bicyclic) bond motifs is 8. The summed E-state index contributed by atoms with van der Waals surface area (Å²) in [6.07, 6.45) is -13.0. The number of nitrogens with zero attached hydrogens (tertiary/aromatic N) is 2. The molecule has 0 aliphatic carbocycles. The fraction of sp³-hybridized carbons (Fsp3) is 0.556. The third-order valence-electron chi connectivity index (χ3n) is 8.45. The lowest BCUT2D eigenvalue weighted by atomic mass is 9.96. The van der Waals surface area contributed by atoms with Crippen LogP contribution in [-0.2, 0) is 85.7 Å². The van der Waals surface area contributed by atoms with Gasteiger partial charge >= 0.3 is 35.8 Å². The largest absolute Gasteiger partial charge is 0.455 e. The van der Waals surface area contributed by atoms with Gasteiger partial charge in [-0.15, -0.1) is 0 Å². The lowest BCUT2D eigenvalue weighted by molar-refractivity contribution is -0.296. The van der Waals surface area contributed by atoms with E-state index < -0.39 is 109 Å². The molecule has 306 valence electrons. The van der Waals surface area contributed by atoms with Gasteiger partial charge in [0, 0.05) is 67.0 Å². The predicted molar refractivity (Wildman–Crippen MR) is 185 cm³/mol. The molecule has 0 radical (unpaired) electrons. The number of hydrogen-bond acceptors (Lipinski definition) is 18. The van der Waals surface area contributed by atoms with Crippen molar-refractivity contribution >= 4 is 59.0 Å². The zero-order chi connectivity index (χ0) is 41.4. The first kappa shape index (κ1) is 43.3. The summed E-state index contributed by atoms with van der Waals surface area (Å²) in [6, 6.07) is 5.88. The Balaban J connectivity index is 1.82. The molecule has 20 nitrogen and oxygen atoms in total. The Labute approximate surface area is 321 Å². The molecule has 4 heterocycles. The van der Waals surface area contributed by atoms with E-state index in [4.69, 9.17) is 47.4 Å². The summed E-state index contributed by atoms with van der Waals surface area (Å²) >= 11 is 0. The molecule has 0 saturated carbocycles. The average molecular weight is 793 g/mol. The number of benzene rings is 1. The Morgan fingerprint density at radius 1 is 0.482 bits per heavy atom. The highest BCUT2D eigenvalue weighted by molar-refractivity contribution is 5.99. The fourth-order valence-electron chi connectivity index (χ4n) is 6.19. The first-order chi connectivity index (χ1) is 26.4.